The maximum Gasteiger partial charge on any atom is 0.257 e. The number of nitrogen functional groups attached to an aromatic ring is 1. The summed E-state index contributed by atoms with van der Waals surface area (Å²) >= 11 is 0. The molecule has 92 valence electrons. The first-order valence-corrected chi connectivity index (χ1v) is 5.52. The Morgan fingerprint density at radius 3 is 3.06 bits per heavy atom. The summed E-state index contributed by atoms with van der Waals surface area (Å²) in [5, 5.41) is 9.42. The first-order valence-electron chi connectivity index (χ1n) is 5.52. The van der Waals surface area contributed by atoms with E-state index in [2.05, 4.69) is 10.4 Å². The number of β-amino-alcohol motifs (C(OH)–C–C–N with tert-alkyl or cyclic N) is 1. The van der Waals surface area contributed by atoms with E-state index < -0.39 is 6.10 Å². The van der Waals surface area contributed by atoms with Gasteiger partial charge >= 0.3 is 0 Å². The number of carbonyl (C=O) groups is 1. The van der Waals surface area contributed by atoms with Crippen molar-refractivity contribution in [2.75, 3.05) is 18.5 Å². The van der Waals surface area contributed by atoms with Gasteiger partial charge < -0.3 is 15.4 Å². The Hall–Kier alpha value is -1.66. The van der Waals surface area contributed by atoms with Gasteiger partial charge in [0, 0.05) is 25.0 Å². The number of nitrogens with one attached hydrogen (secondary N) is 1. The molecular weight excluding hydrogens is 220 g/mol. The van der Waals surface area contributed by atoms with Crippen molar-refractivity contribution < 1.29 is 9.90 Å². The fourth-order valence-corrected chi connectivity index (χ4v) is 1.95. The molecule has 17 heavy (non-hydrogen) atoms. The van der Waals surface area contributed by atoms with Gasteiger partial charge in [-0.3, -0.25) is 15.6 Å². The van der Waals surface area contributed by atoms with E-state index in [1.165, 1.54) is 6.20 Å². The van der Waals surface area contributed by atoms with Crippen molar-refractivity contribution in [1.82, 2.24) is 9.88 Å². The molecule has 1 saturated heterocycles. The van der Waals surface area contributed by atoms with Crippen molar-refractivity contribution >= 4 is 11.6 Å². The van der Waals surface area contributed by atoms with Gasteiger partial charge in [0.05, 0.1) is 17.4 Å². The highest BCUT2D eigenvalue weighted by Crippen LogP contribution is 2.19. The molecule has 0 spiro atoms. The van der Waals surface area contributed by atoms with Gasteiger partial charge in [0.2, 0.25) is 0 Å². The second kappa shape index (κ2) is 4.68. The molecule has 1 fully saturated rings. The van der Waals surface area contributed by atoms with Crippen LogP contribution in [0.15, 0.2) is 12.3 Å². The first kappa shape index (κ1) is 11.8. The van der Waals surface area contributed by atoms with Crippen LogP contribution in [-0.2, 0) is 0 Å². The molecule has 1 atom stereocenters. The first-order chi connectivity index (χ1) is 8.11. The second-order valence-electron chi connectivity index (χ2n) is 4.21. The molecule has 4 N–H and O–H groups in total. The molecule has 2 heterocycles. The number of likely N-dealkylation sites (tertiary alicyclic amines) is 1. The van der Waals surface area contributed by atoms with E-state index >= 15 is 0 Å². The number of rotatable bonds is 2. The van der Waals surface area contributed by atoms with Crippen molar-refractivity contribution in [2.24, 2.45) is 5.84 Å². The van der Waals surface area contributed by atoms with Gasteiger partial charge in [-0.25, -0.2) is 0 Å². The van der Waals surface area contributed by atoms with E-state index in [0.717, 1.165) is 5.69 Å². The molecule has 2 rings (SSSR count). The van der Waals surface area contributed by atoms with Gasteiger partial charge in [-0.2, -0.15) is 0 Å². The van der Waals surface area contributed by atoms with Crippen LogP contribution < -0.4 is 11.3 Å². The molecule has 0 saturated carbocycles. The second-order valence-corrected chi connectivity index (χ2v) is 4.21. The average Bonchev–Trinajstić information content (AvgIpc) is 2.75. The molecule has 0 bridgehead atoms. The number of carbonyl (C=O) groups excluding carboxylic acids is 1. The normalized spacial score (nSPS) is 19.5. The molecule has 6 heteroatoms. The minimum atomic E-state index is -0.424. The van der Waals surface area contributed by atoms with E-state index in [1.54, 1.807) is 11.0 Å². The minimum absolute atomic E-state index is 0.151. The third kappa shape index (κ3) is 2.37. The van der Waals surface area contributed by atoms with Crippen LogP contribution in [0.3, 0.4) is 0 Å². The van der Waals surface area contributed by atoms with Crippen LogP contribution in [0.5, 0.6) is 0 Å². The van der Waals surface area contributed by atoms with E-state index in [-0.39, 0.29) is 5.91 Å². The number of aromatic nitrogens is 1. The lowest BCUT2D eigenvalue weighted by atomic mass is 10.2. The van der Waals surface area contributed by atoms with Crippen molar-refractivity contribution in [1.29, 1.82) is 0 Å². The molecule has 6 nitrogen and oxygen atoms in total. The highest BCUT2D eigenvalue weighted by Gasteiger charge is 2.26. The predicted octanol–water partition coefficient (Wildman–Crippen LogP) is -0.118. The number of aliphatic hydroxyl groups excluding tert-OH is 1. The summed E-state index contributed by atoms with van der Waals surface area (Å²) in [6.07, 6.45) is 1.71. The smallest absolute Gasteiger partial charge is 0.257 e. The average molecular weight is 236 g/mol. The Morgan fingerprint density at radius 2 is 2.47 bits per heavy atom. The summed E-state index contributed by atoms with van der Waals surface area (Å²) in [5.41, 5.74) is 4.29. The molecule has 1 aliphatic heterocycles. The number of aliphatic hydroxyl groups is 1. The number of hydrogen-bond donors (Lipinski definition) is 3. The monoisotopic (exact) mass is 236 g/mol. The van der Waals surface area contributed by atoms with Gasteiger partial charge in [-0.1, -0.05) is 0 Å². The summed E-state index contributed by atoms with van der Waals surface area (Å²) < 4.78 is 0. The standard InChI is InChI=1S/C11H16N4O2/c1-7-4-10(14-12)9(5-13-7)11(17)15-3-2-8(16)6-15/h4-5,8,16H,2-3,6,12H2,1H3,(H,13,14). The van der Waals surface area contributed by atoms with Gasteiger partial charge in [0.15, 0.2) is 0 Å². The lowest BCUT2D eigenvalue weighted by molar-refractivity contribution is 0.0765. The molecule has 1 aromatic heterocycles. The minimum Gasteiger partial charge on any atom is -0.391 e. The number of anilines is 1. The summed E-state index contributed by atoms with van der Waals surface area (Å²) in [4.78, 5) is 17.9. The van der Waals surface area contributed by atoms with Crippen LogP contribution in [0.1, 0.15) is 22.5 Å². The Kier molecular flexibility index (Phi) is 3.26. The predicted molar refractivity (Wildman–Crippen MR) is 63.3 cm³/mol. The van der Waals surface area contributed by atoms with Gasteiger partial charge in [0.25, 0.3) is 5.91 Å². The van der Waals surface area contributed by atoms with E-state index in [9.17, 15) is 9.90 Å². The van der Waals surface area contributed by atoms with Crippen LogP contribution in [0.2, 0.25) is 0 Å². The fraction of sp³-hybridized carbons (Fsp3) is 0.455. The van der Waals surface area contributed by atoms with Gasteiger partial charge in [0.1, 0.15) is 0 Å². The highest BCUT2D eigenvalue weighted by molar-refractivity contribution is 5.99. The molecular formula is C11H16N4O2. The highest BCUT2D eigenvalue weighted by atomic mass is 16.3. The van der Waals surface area contributed by atoms with Crippen molar-refractivity contribution in [2.45, 2.75) is 19.4 Å². The molecule has 1 unspecified atom stereocenters. The van der Waals surface area contributed by atoms with Crippen LogP contribution >= 0.6 is 0 Å². The van der Waals surface area contributed by atoms with Crippen LogP contribution in [0.4, 0.5) is 5.69 Å². The zero-order chi connectivity index (χ0) is 12.4. The maximum atomic E-state index is 12.2. The van der Waals surface area contributed by atoms with Gasteiger partial charge in [-0.05, 0) is 19.4 Å². The topological polar surface area (TPSA) is 91.5 Å². The zero-order valence-corrected chi connectivity index (χ0v) is 9.68. The fourth-order valence-electron chi connectivity index (χ4n) is 1.95. The van der Waals surface area contributed by atoms with Crippen molar-refractivity contribution in [3.63, 3.8) is 0 Å². The molecule has 0 aromatic carbocycles. The molecule has 0 aliphatic carbocycles. The summed E-state index contributed by atoms with van der Waals surface area (Å²) in [5.74, 6) is 5.23. The molecule has 1 aliphatic rings. The largest absolute Gasteiger partial charge is 0.391 e. The Morgan fingerprint density at radius 1 is 1.71 bits per heavy atom. The number of amides is 1. The number of pyridine rings is 1. The molecule has 0 radical (unpaired) electrons. The number of hydrogen-bond acceptors (Lipinski definition) is 5. The Bertz CT molecular complexity index is 435. The van der Waals surface area contributed by atoms with Crippen molar-refractivity contribution in [3.8, 4) is 0 Å². The van der Waals surface area contributed by atoms with Gasteiger partial charge in [-0.15, -0.1) is 0 Å². The van der Waals surface area contributed by atoms with Crippen LogP contribution in [0.25, 0.3) is 0 Å². The summed E-state index contributed by atoms with van der Waals surface area (Å²) in [7, 11) is 0. The quantitative estimate of drug-likeness (QED) is 0.492. The van der Waals surface area contributed by atoms with E-state index in [1.807, 2.05) is 6.92 Å². The molecule has 1 amide bonds. The van der Waals surface area contributed by atoms with E-state index in [0.29, 0.717) is 30.8 Å². The van der Waals surface area contributed by atoms with Crippen LogP contribution in [-0.4, -0.2) is 40.1 Å². The maximum absolute atomic E-state index is 12.2. The third-order valence-corrected chi connectivity index (χ3v) is 2.88. The Balaban J connectivity index is 2.24. The third-order valence-electron chi connectivity index (χ3n) is 2.88. The Labute approximate surface area is 99.4 Å². The lowest BCUT2D eigenvalue weighted by Gasteiger charge is -2.17. The number of nitrogens with zero attached hydrogens (tertiary/aromatic N) is 2. The number of hydrazine groups is 1. The number of aryl methyl sites for hydroxylation is 1. The van der Waals surface area contributed by atoms with Crippen molar-refractivity contribution in [3.05, 3.63) is 23.5 Å². The zero-order valence-electron chi connectivity index (χ0n) is 9.68. The number of nitrogens with two attached hydrogens (primary N) is 1. The molecule has 1 aromatic rings. The van der Waals surface area contributed by atoms with E-state index in [4.69, 9.17) is 5.84 Å². The SMILES string of the molecule is Cc1cc(NN)c(C(=O)N2CCC(O)C2)cn1. The lowest BCUT2D eigenvalue weighted by Crippen LogP contribution is -2.30. The van der Waals surface area contributed by atoms with Crippen LogP contribution in [0, 0.1) is 6.92 Å². The summed E-state index contributed by atoms with van der Waals surface area (Å²) in [6.45, 7) is 2.77. The summed E-state index contributed by atoms with van der Waals surface area (Å²) in [6, 6.07) is 1.72.